The molecule has 0 N–H and O–H groups in total. The Bertz CT molecular complexity index is 844. The number of hydrogen-bond acceptors (Lipinski definition) is 1. The summed E-state index contributed by atoms with van der Waals surface area (Å²) in [6.07, 6.45) is 2.10. The van der Waals surface area contributed by atoms with Gasteiger partial charge in [-0.05, 0) is 55.8 Å². The van der Waals surface area contributed by atoms with E-state index in [4.69, 9.17) is 23.2 Å². The van der Waals surface area contributed by atoms with Crippen molar-refractivity contribution in [3.63, 3.8) is 0 Å². The molecule has 1 heterocycles. The van der Waals surface area contributed by atoms with Gasteiger partial charge in [0, 0.05) is 21.3 Å². The lowest BCUT2D eigenvalue weighted by atomic mass is 10.1. The van der Waals surface area contributed by atoms with Crippen LogP contribution in [0.4, 0.5) is 0 Å². The number of hydrogen-bond donors (Lipinski definition) is 0. The fourth-order valence-corrected chi connectivity index (χ4v) is 2.73. The molecule has 23 heavy (non-hydrogen) atoms. The number of aromatic nitrogens is 2. The van der Waals surface area contributed by atoms with Crippen LogP contribution in [0.5, 0.6) is 0 Å². The second kappa shape index (κ2) is 6.61. The van der Waals surface area contributed by atoms with Crippen LogP contribution in [0, 0.1) is 13.8 Å². The minimum Gasteiger partial charge on any atom is -0.237 e. The summed E-state index contributed by atoms with van der Waals surface area (Å²) in [6.45, 7) is 4.04. The maximum atomic E-state index is 6.02. The quantitative estimate of drug-likeness (QED) is 0.545. The Hall–Kier alpha value is -2.03. The molecule has 0 fully saturated rings. The molecule has 2 aromatic carbocycles. The molecule has 0 saturated heterocycles. The average Bonchev–Trinajstić information content (AvgIpc) is 2.86. The van der Waals surface area contributed by atoms with Gasteiger partial charge in [-0.2, -0.15) is 5.10 Å². The Morgan fingerprint density at radius 2 is 1.48 bits per heavy atom. The van der Waals surface area contributed by atoms with Crippen molar-refractivity contribution >= 4 is 35.0 Å². The standard InChI is InChI=1S/C19H16Cl2N2/c1-13-11-14(2)23(22-13)19(16-5-9-18(21)10-6-16)12-15-3-7-17(20)8-4-15/h3-12H,1-2H3. The van der Waals surface area contributed by atoms with Crippen molar-refractivity contribution in [1.29, 1.82) is 0 Å². The lowest BCUT2D eigenvalue weighted by Gasteiger charge is -2.11. The second-order valence-corrected chi connectivity index (χ2v) is 6.30. The molecule has 0 aliphatic carbocycles. The van der Waals surface area contributed by atoms with Gasteiger partial charge < -0.3 is 0 Å². The van der Waals surface area contributed by atoms with E-state index in [-0.39, 0.29) is 0 Å². The zero-order valence-electron chi connectivity index (χ0n) is 12.9. The number of aryl methyl sites for hydroxylation is 2. The Balaban J connectivity index is 2.15. The van der Waals surface area contributed by atoms with Crippen LogP contribution in [0.25, 0.3) is 11.8 Å². The highest BCUT2D eigenvalue weighted by Crippen LogP contribution is 2.24. The second-order valence-electron chi connectivity index (χ2n) is 5.43. The van der Waals surface area contributed by atoms with Gasteiger partial charge in [0.2, 0.25) is 0 Å². The molecule has 0 spiro atoms. The van der Waals surface area contributed by atoms with Gasteiger partial charge in [-0.15, -0.1) is 0 Å². The lowest BCUT2D eigenvalue weighted by molar-refractivity contribution is 0.858. The molecule has 0 unspecified atom stereocenters. The van der Waals surface area contributed by atoms with E-state index in [9.17, 15) is 0 Å². The molecule has 0 radical (unpaired) electrons. The monoisotopic (exact) mass is 342 g/mol. The van der Waals surface area contributed by atoms with E-state index >= 15 is 0 Å². The molecule has 0 amide bonds. The van der Waals surface area contributed by atoms with Crippen molar-refractivity contribution in [1.82, 2.24) is 9.78 Å². The van der Waals surface area contributed by atoms with Crippen molar-refractivity contribution < 1.29 is 0 Å². The summed E-state index contributed by atoms with van der Waals surface area (Å²) in [5.74, 6) is 0. The van der Waals surface area contributed by atoms with Crippen LogP contribution in [0.2, 0.25) is 10.0 Å². The van der Waals surface area contributed by atoms with E-state index in [0.717, 1.165) is 33.2 Å². The molecular formula is C19H16Cl2N2. The predicted molar refractivity (Wildman–Crippen MR) is 97.9 cm³/mol. The van der Waals surface area contributed by atoms with Crippen molar-refractivity contribution in [3.8, 4) is 0 Å². The summed E-state index contributed by atoms with van der Waals surface area (Å²) in [4.78, 5) is 0. The Labute approximate surface area is 146 Å². The van der Waals surface area contributed by atoms with E-state index in [1.807, 2.05) is 67.1 Å². The van der Waals surface area contributed by atoms with Gasteiger partial charge in [-0.1, -0.05) is 47.5 Å². The SMILES string of the molecule is Cc1cc(C)n(C(=Cc2ccc(Cl)cc2)c2ccc(Cl)cc2)n1. The molecule has 0 aliphatic heterocycles. The molecule has 0 bridgehead atoms. The first-order valence-corrected chi connectivity index (χ1v) is 8.05. The summed E-state index contributed by atoms with van der Waals surface area (Å²) in [5, 5.41) is 6.05. The summed E-state index contributed by atoms with van der Waals surface area (Å²) in [6, 6.07) is 17.6. The number of halogens is 2. The van der Waals surface area contributed by atoms with Crippen LogP contribution in [0.3, 0.4) is 0 Å². The third kappa shape index (κ3) is 3.66. The fourth-order valence-electron chi connectivity index (χ4n) is 2.48. The number of nitrogens with zero attached hydrogens (tertiary/aromatic N) is 2. The molecular weight excluding hydrogens is 327 g/mol. The Kier molecular flexibility index (Phi) is 4.56. The minimum atomic E-state index is 0.716. The highest BCUT2D eigenvalue weighted by Gasteiger charge is 2.10. The van der Waals surface area contributed by atoms with Gasteiger partial charge >= 0.3 is 0 Å². The first kappa shape index (κ1) is 15.9. The third-order valence-electron chi connectivity index (χ3n) is 3.55. The number of benzene rings is 2. The van der Waals surface area contributed by atoms with E-state index in [1.54, 1.807) is 0 Å². The molecule has 3 rings (SSSR count). The molecule has 2 nitrogen and oxygen atoms in total. The van der Waals surface area contributed by atoms with Gasteiger partial charge in [0.05, 0.1) is 11.4 Å². The normalized spacial score (nSPS) is 11.7. The van der Waals surface area contributed by atoms with Crippen molar-refractivity contribution in [2.75, 3.05) is 0 Å². The third-order valence-corrected chi connectivity index (χ3v) is 4.06. The van der Waals surface area contributed by atoms with Crippen molar-refractivity contribution in [3.05, 3.63) is 87.2 Å². The highest BCUT2D eigenvalue weighted by molar-refractivity contribution is 6.30. The molecule has 3 aromatic rings. The van der Waals surface area contributed by atoms with E-state index in [0.29, 0.717) is 5.02 Å². The van der Waals surface area contributed by atoms with E-state index in [1.165, 1.54) is 0 Å². The Morgan fingerprint density at radius 3 is 2.00 bits per heavy atom. The van der Waals surface area contributed by atoms with Gasteiger partial charge in [-0.3, -0.25) is 0 Å². The average molecular weight is 343 g/mol. The summed E-state index contributed by atoms with van der Waals surface area (Å²) >= 11 is 12.0. The molecule has 0 atom stereocenters. The predicted octanol–water partition coefficient (Wildman–Crippen LogP) is 5.85. The number of rotatable bonds is 3. The van der Waals surface area contributed by atoms with Crippen molar-refractivity contribution in [2.45, 2.75) is 13.8 Å². The van der Waals surface area contributed by atoms with Gasteiger partial charge in [0.15, 0.2) is 0 Å². The largest absolute Gasteiger partial charge is 0.237 e. The summed E-state index contributed by atoms with van der Waals surface area (Å²) in [7, 11) is 0. The minimum absolute atomic E-state index is 0.716. The Morgan fingerprint density at radius 1 is 0.913 bits per heavy atom. The van der Waals surface area contributed by atoms with Gasteiger partial charge in [0.1, 0.15) is 0 Å². The van der Waals surface area contributed by atoms with Gasteiger partial charge in [0.25, 0.3) is 0 Å². The fraction of sp³-hybridized carbons (Fsp3) is 0.105. The highest BCUT2D eigenvalue weighted by atomic mass is 35.5. The first-order chi connectivity index (χ1) is 11.0. The van der Waals surface area contributed by atoms with Crippen molar-refractivity contribution in [2.24, 2.45) is 0 Å². The van der Waals surface area contributed by atoms with Crippen LogP contribution in [0.15, 0.2) is 54.6 Å². The van der Waals surface area contributed by atoms with Crippen LogP contribution in [0.1, 0.15) is 22.5 Å². The summed E-state index contributed by atoms with van der Waals surface area (Å²) in [5.41, 5.74) is 5.17. The smallest absolute Gasteiger partial charge is 0.0727 e. The van der Waals surface area contributed by atoms with Gasteiger partial charge in [-0.25, -0.2) is 4.68 Å². The van der Waals surface area contributed by atoms with Crippen LogP contribution in [-0.4, -0.2) is 9.78 Å². The summed E-state index contributed by atoms with van der Waals surface area (Å²) < 4.78 is 1.95. The molecule has 1 aromatic heterocycles. The maximum absolute atomic E-state index is 6.02. The van der Waals surface area contributed by atoms with Crippen LogP contribution >= 0.6 is 23.2 Å². The molecule has 116 valence electrons. The maximum Gasteiger partial charge on any atom is 0.0727 e. The van der Waals surface area contributed by atoms with Crippen LogP contribution in [-0.2, 0) is 0 Å². The topological polar surface area (TPSA) is 17.8 Å². The zero-order valence-corrected chi connectivity index (χ0v) is 14.4. The van der Waals surface area contributed by atoms with Crippen LogP contribution < -0.4 is 0 Å². The zero-order chi connectivity index (χ0) is 16.4. The van der Waals surface area contributed by atoms with E-state index < -0.39 is 0 Å². The molecule has 0 aliphatic rings. The molecule has 0 saturated carbocycles. The molecule has 4 heteroatoms. The lowest BCUT2D eigenvalue weighted by Crippen LogP contribution is -2.03. The van der Waals surface area contributed by atoms with E-state index in [2.05, 4.69) is 17.2 Å². The first-order valence-electron chi connectivity index (χ1n) is 7.30.